The van der Waals surface area contributed by atoms with Crippen LogP contribution in [0.1, 0.15) is 11.4 Å². The van der Waals surface area contributed by atoms with Gasteiger partial charge >= 0.3 is 0 Å². The summed E-state index contributed by atoms with van der Waals surface area (Å²) in [6.45, 7) is 1.46. The highest BCUT2D eigenvalue weighted by atomic mass is 15.3. The van der Waals surface area contributed by atoms with Crippen LogP contribution in [0.25, 0.3) is 5.69 Å². The summed E-state index contributed by atoms with van der Waals surface area (Å²) in [6, 6.07) is 8.37. The molecule has 0 spiro atoms. The van der Waals surface area contributed by atoms with E-state index in [9.17, 15) is 0 Å². The Hall–Kier alpha value is -2.47. The van der Waals surface area contributed by atoms with E-state index in [1.165, 1.54) is 5.56 Å². The number of aromatic nitrogens is 5. The standard InChI is InChI=1S/C14H16N6/c1-19-11-17-14(18-19)9-16-8-12-2-4-13(5-3-12)20-7-6-15-10-20/h2-7,10-11,16H,8-9H2,1H3. The maximum absolute atomic E-state index is 4.22. The van der Waals surface area contributed by atoms with Gasteiger partial charge in [-0.2, -0.15) is 5.10 Å². The smallest absolute Gasteiger partial charge is 0.164 e. The Morgan fingerprint density at radius 2 is 1.95 bits per heavy atom. The maximum atomic E-state index is 4.22. The molecule has 2 heterocycles. The van der Waals surface area contributed by atoms with Crippen LogP contribution in [0.3, 0.4) is 0 Å². The number of benzene rings is 1. The Labute approximate surface area is 117 Å². The minimum absolute atomic E-state index is 0.671. The van der Waals surface area contributed by atoms with E-state index in [4.69, 9.17) is 0 Å². The molecule has 0 aliphatic heterocycles. The molecule has 0 amide bonds. The van der Waals surface area contributed by atoms with Crippen molar-refractivity contribution in [3.63, 3.8) is 0 Å². The molecule has 20 heavy (non-hydrogen) atoms. The average Bonchev–Trinajstić information content (AvgIpc) is 3.11. The minimum atomic E-state index is 0.671. The fourth-order valence-corrected chi connectivity index (χ4v) is 1.98. The molecule has 0 radical (unpaired) electrons. The minimum Gasteiger partial charge on any atom is -0.306 e. The second-order valence-corrected chi connectivity index (χ2v) is 4.57. The van der Waals surface area contributed by atoms with Gasteiger partial charge in [-0.3, -0.25) is 4.68 Å². The van der Waals surface area contributed by atoms with Crippen LogP contribution in [0.2, 0.25) is 0 Å². The first-order chi connectivity index (χ1) is 9.81. The molecule has 6 heteroatoms. The van der Waals surface area contributed by atoms with Crippen molar-refractivity contribution in [2.75, 3.05) is 0 Å². The number of hydrogen-bond donors (Lipinski definition) is 1. The molecule has 0 fully saturated rings. The lowest BCUT2D eigenvalue weighted by atomic mass is 10.2. The predicted molar refractivity (Wildman–Crippen MR) is 75.1 cm³/mol. The van der Waals surface area contributed by atoms with E-state index >= 15 is 0 Å². The fourth-order valence-electron chi connectivity index (χ4n) is 1.98. The summed E-state index contributed by atoms with van der Waals surface area (Å²) < 4.78 is 3.69. The number of nitrogens with zero attached hydrogens (tertiary/aromatic N) is 5. The van der Waals surface area contributed by atoms with E-state index in [-0.39, 0.29) is 0 Å². The van der Waals surface area contributed by atoms with Crippen LogP contribution in [-0.2, 0) is 20.1 Å². The molecule has 0 atom stereocenters. The highest BCUT2D eigenvalue weighted by Crippen LogP contribution is 2.09. The molecule has 102 valence electrons. The zero-order valence-electron chi connectivity index (χ0n) is 11.3. The Morgan fingerprint density at radius 1 is 1.10 bits per heavy atom. The second-order valence-electron chi connectivity index (χ2n) is 4.57. The monoisotopic (exact) mass is 268 g/mol. The van der Waals surface area contributed by atoms with Crippen LogP contribution in [0, 0.1) is 0 Å². The van der Waals surface area contributed by atoms with Crippen molar-refractivity contribution < 1.29 is 0 Å². The van der Waals surface area contributed by atoms with Gasteiger partial charge in [-0.25, -0.2) is 9.97 Å². The third kappa shape index (κ3) is 2.92. The van der Waals surface area contributed by atoms with Gasteiger partial charge in [0, 0.05) is 31.7 Å². The van der Waals surface area contributed by atoms with Crippen molar-refractivity contribution in [3.05, 3.63) is 60.7 Å². The van der Waals surface area contributed by atoms with Gasteiger partial charge in [0.25, 0.3) is 0 Å². The van der Waals surface area contributed by atoms with Crippen molar-refractivity contribution in [3.8, 4) is 5.69 Å². The van der Waals surface area contributed by atoms with Gasteiger partial charge < -0.3 is 9.88 Å². The van der Waals surface area contributed by atoms with Gasteiger partial charge in [0.2, 0.25) is 0 Å². The lowest BCUT2D eigenvalue weighted by Crippen LogP contribution is -2.14. The zero-order valence-corrected chi connectivity index (χ0v) is 11.3. The summed E-state index contributed by atoms with van der Waals surface area (Å²) in [4.78, 5) is 8.21. The van der Waals surface area contributed by atoms with Crippen LogP contribution in [0.5, 0.6) is 0 Å². The van der Waals surface area contributed by atoms with Crippen LogP contribution < -0.4 is 5.32 Å². The molecular formula is C14H16N6. The maximum Gasteiger partial charge on any atom is 0.164 e. The summed E-state index contributed by atoms with van der Waals surface area (Å²) in [7, 11) is 1.87. The topological polar surface area (TPSA) is 60.6 Å². The van der Waals surface area contributed by atoms with Crippen molar-refractivity contribution in [1.29, 1.82) is 0 Å². The fraction of sp³-hybridized carbons (Fsp3) is 0.214. The molecule has 3 aromatic rings. The number of rotatable bonds is 5. The molecule has 0 saturated carbocycles. The van der Waals surface area contributed by atoms with Crippen molar-refractivity contribution in [2.45, 2.75) is 13.1 Å². The van der Waals surface area contributed by atoms with Gasteiger partial charge in [0.05, 0.1) is 12.9 Å². The zero-order chi connectivity index (χ0) is 13.8. The van der Waals surface area contributed by atoms with Gasteiger partial charge in [-0.1, -0.05) is 12.1 Å². The summed E-state index contributed by atoms with van der Waals surface area (Å²) in [5.74, 6) is 0.808. The van der Waals surface area contributed by atoms with Crippen LogP contribution >= 0.6 is 0 Å². The summed E-state index contributed by atoms with van der Waals surface area (Å²) in [5, 5.41) is 7.55. The van der Waals surface area contributed by atoms with Crippen LogP contribution in [0.4, 0.5) is 0 Å². The molecule has 6 nitrogen and oxygen atoms in total. The van der Waals surface area contributed by atoms with Crippen molar-refractivity contribution >= 4 is 0 Å². The van der Waals surface area contributed by atoms with E-state index in [2.05, 4.69) is 44.6 Å². The van der Waals surface area contributed by atoms with Gasteiger partial charge in [-0.05, 0) is 17.7 Å². The Balaban J connectivity index is 1.56. The molecule has 2 aromatic heterocycles. The number of nitrogens with one attached hydrogen (secondary N) is 1. The van der Waals surface area contributed by atoms with E-state index in [1.54, 1.807) is 23.5 Å². The molecule has 0 unspecified atom stereocenters. The first-order valence-corrected chi connectivity index (χ1v) is 6.44. The normalized spacial score (nSPS) is 10.8. The first kappa shape index (κ1) is 12.6. The van der Waals surface area contributed by atoms with E-state index in [0.29, 0.717) is 6.54 Å². The highest BCUT2D eigenvalue weighted by Gasteiger charge is 1.99. The lowest BCUT2D eigenvalue weighted by Gasteiger charge is -2.05. The molecule has 0 saturated heterocycles. The van der Waals surface area contributed by atoms with Crippen LogP contribution in [-0.4, -0.2) is 24.3 Å². The summed E-state index contributed by atoms with van der Waals surface area (Å²) >= 11 is 0. The molecule has 1 N–H and O–H groups in total. The van der Waals surface area contributed by atoms with E-state index in [1.807, 2.05) is 17.8 Å². The van der Waals surface area contributed by atoms with Gasteiger partial charge in [-0.15, -0.1) is 0 Å². The summed E-state index contributed by atoms with van der Waals surface area (Å²) in [5.41, 5.74) is 2.34. The van der Waals surface area contributed by atoms with E-state index < -0.39 is 0 Å². The SMILES string of the molecule is Cn1cnc(CNCc2ccc(-n3ccnc3)cc2)n1. The quantitative estimate of drug-likeness (QED) is 0.757. The van der Waals surface area contributed by atoms with Gasteiger partial charge in [0.1, 0.15) is 6.33 Å². The van der Waals surface area contributed by atoms with Gasteiger partial charge in [0.15, 0.2) is 5.82 Å². The largest absolute Gasteiger partial charge is 0.306 e. The van der Waals surface area contributed by atoms with Crippen LogP contribution in [0.15, 0.2) is 49.3 Å². The van der Waals surface area contributed by atoms with Crippen molar-refractivity contribution in [1.82, 2.24) is 29.6 Å². The lowest BCUT2D eigenvalue weighted by molar-refractivity contribution is 0.649. The molecule has 3 rings (SSSR count). The molecular weight excluding hydrogens is 252 g/mol. The molecule has 0 bridgehead atoms. The molecule has 0 aliphatic carbocycles. The third-order valence-electron chi connectivity index (χ3n) is 3.00. The molecule has 1 aromatic carbocycles. The van der Waals surface area contributed by atoms with Crippen molar-refractivity contribution in [2.24, 2.45) is 7.05 Å². The number of hydrogen-bond acceptors (Lipinski definition) is 4. The summed E-state index contributed by atoms with van der Waals surface area (Å²) in [6.07, 6.45) is 7.20. The average molecular weight is 268 g/mol. The first-order valence-electron chi connectivity index (χ1n) is 6.44. The Bertz CT molecular complexity index is 653. The highest BCUT2D eigenvalue weighted by molar-refractivity contribution is 5.34. The Morgan fingerprint density at radius 3 is 2.60 bits per heavy atom. The number of imidazole rings is 1. The Kier molecular flexibility index (Phi) is 3.56. The predicted octanol–water partition coefficient (Wildman–Crippen LogP) is 1.29. The molecule has 0 aliphatic rings. The second kappa shape index (κ2) is 5.66. The number of aryl methyl sites for hydroxylation is 1. The van der Waals surface area contributed by atoms with E-state index in [0.717, 1.165) is 18.1 Å². The third-order valence-corrected chi connectivity index (χ3v) is 3.00.